The summed E-state index contributed by atoms with van der Waals surface area (Å²) in [5.41, 5.74) is 4.13. The van der Waals surface area contributed by atoms with Gasteiger partial charge in [-0.2, -0.15) is 13.2 Å². The molecule has 2 aliphatic rings. The SMILES string of the molecule is Cc1ccc2c(c1)SCCN(c1cc(C)c(NC(=O)CC3(C(F)(F)F)CC3)c(C)c1)C2. The first-order chi connectivity index (χ1) is 14.6. The fourth-order valence-corrected chi connectivity index (χ4v) is 5.34. The zero-order valence-corrected chi connectivity index (χ0v) is 18.8. The topological polar surface area (TPSA) is 32.3 Å². The van der Waals surface area contributed by atoms with Crippen LogP contribution in [0.15, 0.2) is 35.2 Å². The number of nitrogens with one attached hydrogen (secondary N) is 1. The van der Waals surface area contributed by atoms with Crippen molar-refractivity contribution in [2.24, 2.45) is 5.41 Å². The summed E-state index contributed by atoms with van der Waals surface area (Å²) < 4.78 is 39.6. The molecule has 0 bridgehead atoms. The van der Waals surface area contributed by atoms with E-state index >= 15 is 0 Å². The molecule has 31 heavy (non-hydrogen) atoms. The molecule has 0 saturated heterocycles. The van der Waals surface area contributed by atoms with Gasteiger partial charge in [-0.05, 0) is 74.1 Å². The number of amides is 1. The van der Waals surface area contributed by atoms with Crippen molar-refractivity contribution < 1.29 is 18.0 Å². The van der Waals surface area contributed by atoms with Crippen molar-refractivity contribution in [3.63, 3.8) is 0 Å². The number of rotatable bonds is 4. The molecule has 1 heterocycles. The van der Waals surface area contributed by atoms with Gasteiger partial charge in [-0.25, -0.2) is 0 Å². The Morgan fingerprint density at radius 1 is 1.13 bits per heavy atom. The first-order valence-corrected chi connectivity index (χ1v) is 11.5. The van der Waals surface area contributed by atoms with E-state index in [1.807, 2.05) is 37.7 Å². The number of aryl methyl sites for hydroxylation is 3. The van der Waals surface area contributed by atoms with Crippen LogP contribution in [0.3, 0.4) is 0 Å². The Bertz CT molecular complexity index is 991. The molecule has 7 heteroatoms. The van der Waals surface area contributed by atoms with Crippen LogP contribution in [0.4, 0.5) is 24.5 Å². The summed E-state index contributed by atoms with van der Waals surface area (Å²) in [6, 6.07) is 10.6. The minimum atomic E-state index is -4.32. The fraction of sp³-hybridized carbons (Fsp3) is 0.458. The molecule has 166 valence electrons. The Balaban J connectivity index is 1.51. The van der Waals surface area contributed by atoms with Gasteiger partial charge in [-0.15, -0.1) is 11.8 Å². The number of thioether (sulfide) groups is 1. The van der Waals surface area contributed by atoms with Crippen molar-refractivity contribution in [3.05, 3.63) is 52.6 Å². The van der Waals surface area contributed by atoms with E-state index in [2.05, 4.69) is 35.3 Å². The zero-order valence-electron chi connectivity index (χ0n) is 18.0. The highest BCUT2D eigenvalue weighted by molar-refractivity contribution is 7.99. The molecule has 1 fully saturated rings. The first-order valence-electron chi connectivity index (χ1n) is 10.5. The van der Waals surface area contributed by atoms with Crippen LogP contribution in [0, 0.1) is 26.2 Å². The highest BCUT2D eigenvalue weighted by atomic mass is 32.2. The Labute approximate surface area is 185 Å². The van der Waals surface area contributed by atoms with Crippen LogP contribution in [0.25, 0.3) is 0 Å². The standard InChI is InChI=1S/C24H27F3N2OS/c1-15-4-5-18-14-29(8-9-31-20(18)10-15)19-11-16(2)22(17(3)12-19)28-21(30)13-23(6-7-23)24(25,26)27/h4-5,10-12H,6-9,13-14H2,1-3H3,(H,28,30). The maximum Gasteiger partial charge on any atom is 0.395 e. The molecule has 1 aliphatic carbocycles. The van der Waals surface area contributed by atoms with E-state index in [-0.39, 0.29) is 12.8 Å². The Morgan fingerprint density at radius 2 is 1.81 bits per heavy atom. The maximum absolute atomic E-state index is 13.2. The molecule has 1 amide bonds. The number of hydrogen-bond donors (Lipinski definition) is 1. The van der Waals surface area contributed by atoms with Crippen molar-refractivity contribution in [2.45, 2.75) is 57.7 Å². The molecule has 2 aromatic rings. The van der Waals surface area contributed by atoms with E-state index in [4.69, 9.17) is 0 Å². The fourth-order valence-electron chi connectivity index (χ4n) is 4.22. The third kappa shape index (κ3) is 4.56. The van der Waals surface area contributed by atoms with Gasteiger partial charge in [0.1, 0.15) is 0 Å². The number of carbonyl (C=O) groups excluding carboxylic acids is 1. The molecule has 4 rings (SSSR count). The molecule has 1 N–H and O–H groups in total. The molecule has 2 aromatic carbocycles. The second-order valence-corrected chi connectivity index (χ2v) is 9.98. The lowest BCUT2D eigenvalue weighted by Crippen LogP contribution is -2.30. The lowest BCUT2D eigenvalue weighted by atomic mass is 10.0. The maximum atomic E-state index is 13.2. The second-order valence-electron chi connectivity index (χ2n) is 8.84. The number of fused-ring (bicyclic) bond motifs is 1. The normalized spacial score (nSPS) is 17.7. The van der Waals surface area contributed by atoms with Gasteiger partial charge >= 0.3 is 6.18 Å². The molecular formula is C24H27F3N2OS. The van der Waals surface area contributed by atoms with Crippen LogP contribution in [-0.2, 0) is 11.3 Å². The van der Waals surface area contributed by atoms with Crippen LogP contribution in [0.2, 0.25) is 0 Å². The van der Waals surface area contributed by atoms with Gasteiger partial charge in [0, 0.05) is 41.5 Å². The van der Waals surface area contributed by atoms with Crippen LogP contribution in [0.5, 0.6) is 0 Å². The monoisotopic (exact) mass is 448 g/mol. The summed E-state index contributed by atoms with van der Waals surface area (Å²) in [6.07, 6.45) is -4.75. The van der Waals surface area contributed by atoms with Crippen LogP contribution < -0.4 is 10.2 Å². The van der Waals surface area contributed by atoms with Crippen molar-refractivity contribution in [1.82, 2.24) is 0 Å². The summed E-state index contributed by atoms with van der Waals surface area (Å²) >= 11 is 1.86. The van der Waals surface area contributed by atoms with Crippen LogP contribution in [-0.4, -0.2) is 24.4 Å². The summed E-state index contributed by atoms with van der Waals surface area (Å²) in [6.45, 7) is 7.60. The van der Waals surface area contributed by atoms with E-state index < -0.39 is 23.9 Å². The summed E-state index contributed by atoms with van der Waals surface area (Å²) in [4.78, 5) is 16.0. The highest BCUT2D eigenvalue weighted by Crippen LogP contribution is 2.60. The summed E-state index contributed by atoms with van der Waals surface area (Å²) in [5, 5.41) is 2.75. The average molecular weight is 449 g/mol. The van der Waals surface area contributed by atoms with E-state index in [0.29, 0.717) is 5.69 Å². The summed E-state index contributed by atoms with van der Waals surface area (Å²) in [5.74, 6) is 0.413. The Kier molecular flexibility index (Phi) is 5.75. The van der Waals surface area contributed by atoms with E-state index in [1.54, 1.807) is 0 Å². The minimum Gasteiger partial charge on any atom is -0.366 e. The van der Waals surface area contributed by atoms with Crippen molar-refractivity contribution in [1.29, 1.82) is 0 Å². The smallest absolute Gasteiger partial charge is 0.366 e. The number of nitrogens with zero attached hydrogens (tertiary/aromatic N) is 1. The van der Waals surface area contributed by atoms with Crippen molar-refractivity contribution in [3.8, 4) is 0 Å². The van der Waals surface area contributed by atoms with Gasteiger partial charge in [-0.3, -0.25) is 4.79 Å². The van der Waals surface area contributed by atoms with Gasteiger partial charge in [0.25, 0.3) is 0 Å². The Morgan fingerprint density at radius 3 is 2.42 bits per heavy atom. The number of benzene rings is 2. The number of anilines is 2. The molecular weight excluding hydrogens is 421 g/mol. The van der Waals surface area contributed by atoms with E-state index in [1.165, 1.54) is 16.0 Å². The molecule has 1 aliphatic heterocycles. The molecule has 1 saturated carbocycles. The van der Waals surface area contributed by atoms with Gasteiger partial charge in [-0.1, -0.05) is 12.1 Å². The molecule has 0 aromatic heterocycles. The summed E-state index contributed by atoms with van der Waals surface area (Å²) in [7, 11) is 0. The number of hydrogen-bond acceptors (Lipinski definition) is 3. The van der Waals surface area contributed by atoms with Crippen LogP contribution in [0.1, 0.15) is 41.5 Å². The second kappa shape index (κ2) is 8.08. The first kappa shape index (κ1) is 22.1. The highest BCUT2D eigenvalue weighted by Gasteiger charge is 2.63. The predicted molar refractivity (Wildman–Crippen MR) is 120 cm³/mol. The molecule has 3 nitrogen and oxygen atoms in total. The predicted octanol–water partition coefficient (Wildman–Crippen LogP) is 6.40. The molecule has 0 atom stereocenters. The number of carbonyl (C=O) groups is 1. The molecule has 0 unspecified atom stereocenters. The minimum absolute atomic E-state index is 0.0365. The molecule has 0 spiro atoms. The molecule has 0 radical (unpaired) electrons. The average Bonchev–Trinajstić information content (AvgIpc) is 3.48. The lowest BCUT2D eigenvalue weighted by Gasteiger charge is -2.25. The quantitative estimate of drug-likeness (QED) is 0.588. The van der Waals surface area contributed by atoms with Crippen molar-refractivity contribution in [2.75, 3.05) is 22.5 Å². The third-order valence-corrected chi connectivity index (χ3v) is 7.38. The number of halogens is 3. The largest absolute Gasteiger partial charge is 0.395 e. The Hall–Kier alpha value is -2.15. The van der Waals surface area contributed by atoms with Crippen LogP contribution >= 0.6 is 11.8 Å². The van der Waals surface area contributed by atoms with Gasteiger partial charge in [0.2, 0.25) is 5.91 Å². The van der Waals surface area contributed by atoms with Gasteiger partial charge in [0.15, 0.2) is 0 Å². The lowest BCUT2D eigenvalue weighted by molar-refractivity contribution is -0.189. The third-order valence-electron chi connectivity index (χ3n) is 6.30. The number of alkyl halides is 3. The van der Waals surface area contributed by atoms with E-state index in [9.17, 15) is 18.0 Å². The van der Waals surface area contributed by atoms with Gasteiger partial charge in [0.05, 0.1) is 5.41 Å². The van der Waals surface area contributed by atoms with Crippen molar-refractivity contribution >= 4 is 29.0 Å². The van der Waals surface area contributed by atoms with Gasteiger partial charge < -0.3 is 10.2 Å². The zero-order chi connectivity index (χ0) is 22.4. The van der Waals surface area contributed by atoms with E-state index in [0.717, 1.165) is 35.7 Å².